The predicted molar refractivity (Wildman–Crippen MR) is 95.6 cm³/mol. The maximum Gasteiger partial charge on any atom is 0.411 e. The monoisotopic (exact) mass is 378 g/mol. The van der Waals surface area contributed by atoms with Gasteiger partial charge in [0.15, 0.2) is 5.96 Å². The average molecular weight is 378 g/mol. The number of halogens is 3. The highest BCUT2D eigenvalue weighted by Crippen LogP contribution is 2.22. The van der Waals surface area contributed by atoms with Gasteiger partial charge < -0.3 is 19.9 Å². The van der Waals surface area contributed by atoms with Crippen LogP contribution in [-0.2, 0) is 4.74 Å². The highest BCUT2D eigenvalue weighted by molar-refractivity contribution is 7.14. The highest BCUT2D eigenvalue weighted by Gasteiger charge is 2.27. The summed E-state index contributed by atoms with van der Waals surface area (Å²) in [5, 5.41) is 6.61. The second-order valence-electron chi connectivity index (χ2n) is 5.68. The molecule has 1 aliphatic heterocycles. The van der Waals surface area contributed by atoms with Crippen molar-refractivity contribution < 1.29 is 17.9 Å². The van der Waals surface area contributed by atoms with E-state index >= 15 is 0 Å². The predicted octanol–water partition coefficient (Wildman–Crippen LogP) is 2.80. The first-order chi connectivity index (χ1) is 12.0. The summed E-state index contributed by atoms with van der Waals surface area (Å²) in [5.74, 6) is 0.823. The number of nitrogens with one attached hydrogen (secondary N) is 1. The molecular formula is C16H25F3N4OS. The number of hydrogen-bond acceptors (Lipinski definition) is 4. The van der Waals surface area contributed by atoms with Gasteiger partial charge in [0.25, 0.3) is 0 Å². The van der Waals surface area contributed by atoms with Crippen LogP contribution in [0.15, 0.2) is 22.5 Å². The molecular weight excluding hydrogens is 353 g/mol. The Morgan fingerprint density at radius 2 is 2.08 bits per heavy atom. The van der Waals surface area contributed by atoms with E-state index in [9.17, 15) is 13.2 Å². The maximum atomic E-state index is 12.0. The van der Waals surface area contributed by atoms with Gasteiger partial charge in [-0.25, -0.2) is 0 Å². The van der Waals surface area contributed by atoms with Crippen LogP contribution >= 0.6 is 11.3 Å². The van der Waals surface area contributed by atoms with Crippen LogP contribution in [0.25, 0.3) is 0 Å². The van der Waals surface area contributed by atoms with Gasteiger partial charge in [-0.1, -0.05) is 0 Å². The minimum absolute atomic E-state index is 0.0641. The lowest BCUT2D eigenvalue weighted by Crippen LogP contribution is -2.52. The second-order valence-corrected chi connectivity index (χ2v) is 6.61. The quantitative estimate of drug-likeness (QED) is 0.450. The molecule has 0 atom stereocenters. The third-order valence-electron chi connectivity index (χ3n) is 3.71. The van der Waals surface area contributed by atoms with Crippen molar-refractivity contribution in [3.05, 3.63) is 17.5 Å². The molecule has 1 aliphatic rings. The number of nitrogens with zero attached hydrogens (tertiary/aromatic N) is 3. The molecule has 25 heavy (non-hydrogen) atoms. The van der Waals surface area contributed by atoms with Gasteiger partial charge in [-0.15, -0.1) is 11.3 Å². The summed E-state index contributed by atoms with van der Waals surface area (Å²) in [6, 6.07) is 4.18. The van der Waals surface area contributed by atoms with Crippen molar-refractivity contribution in [2.45, 2.75) is 19.5 Å². The Hall–Kier alpha value is -1.48. The van der Waals surface area contributed by atoms with Crippen LogP contribution < -0.4 is 10.2 Å². The third kappa shape index (κ3) is 7.11. The van der Waals surface area contributed by atoms with Crippen LogP contribution in [0.1, 0.15) is 13.3 Å². The maximum absolute atomic E-state index is 12.0. The fourth-order valence-electron chi connectivity index (χ4n) is 2.55. The molecule has 0 bridgehead atoms. The molecule has 9 heteroatoms. The number of rotatable bonds is 7. The van der Waals surface area contributed by atoms with Gasteiger partial charge in [0.05, 0.1) is 5.00 Å². The SMILES string of the molecule is CCNC(=NCCCOCC(F)(F)F)N1CCN(c2cccs2)CC1. The molecule has 1 aromatic heterocycles. The van der Waals surface area contributed by atoms with Crippen LogP contribution in [0.5, 0.6) is 0 Å². The zero-order valence-electron chi connectivity index (χ0n) is 14.4. The number of piperazine rings is 1. The zero-order chi connectivity index (χ0) is 18.1. The first-order valence-electron chi connectivity index (χ1n) is 8.46. The Kier molecular flexibility index (Phi) is 7.83. The Morgan fingerprint density at radius 1 is 1.32 bits per heavy atom. The summed E-state index contributed by atoms with van der Waals surface area (Å²) in [6.45, 7) is 5.68. The minimum atomic E-state index is -4.26. The van der Waals surface area contributed by atoms with E-state index < -0.39 is 12.8 Å². The number of ether oxygens (including phenoxy) is 1. The first-order valence-corrected chi connectivity index (χ1v) is 9.34. The molecule has 1 saturated heterocycles. The summed E-state index contributed by atoms with van der Waals surface area (Å²) in [6.07, 6.45) is -3.79. The zero-order valence-corrected chi connectivity index (χ0v) is 15.2. The number of anilines is 1. The van der Waals surface area contributed by atoms with Crippen LogP contribution in [0.4, 0.5) is 18.2 Å². The van der Waals surface area contributed by atoms with Crippen LogP contribution in [0, 0.1) is 0 Å². The van der Waals surface area contributed by atoms with Gasteiger partial charge in [-0.2, -0.15) is 13.2 Å². The van der Waals surface area contributed by atoms with E-state index in [1.807, 2.05) is 6.92 Å². The van der Waals surface area contributed by atoms with Crippen molar-refractivity contribution in [3.8, 4) is 0 Å². The van der Waals surface area contributed by atoms with Crippen molar-refractivity contribution in [2.24, 2.45) is 4.99 Å². The van der Waals surface area contributed by atoms with Crippen LogP contribution in [-0.4, -0.2) is 69.5 Å². The van der Waals surface area contributed by atoms with Crippen molar-refractivity contribution in [2.75, 3.05) is 57.4 Å². The van der Waals surface area contributed by atoms with E-state index in [1.165, 1.54) is 5.00 Å². The highest BCUT2D eigenvalue weighted by atomic mass is 32.1. The molecule has 0 amide bonds. The lowest BCUT2D eigenvalue weighted by molar-refractivity contribution is -0.173. The number of thiophene rings is 1. The molecule has 2 heterocycles. The Bertz CT molecular complexity index is 514. The Labute approximate surface area is 150 Å². The molecule has 142 valence electrons. The summed E-state index contributed by atoms with van der Waals surface area (Å²) in [4.78, 5) is 9.07. The van der Waals surface area contributed by atoms with Gasteiger partial charge in [0, 0.05) is 45.9 Å². The van der Waals surface area contributed by atoms with Crippen LogP contribution in [0.3, 0.4) is 0 Å². The molecule has 0 unspecified atom stereocenters. The normalized spacial score (nSPS) is 16.4. The minimum Gasteiger partial charge on any atom is -0.372 e. The summed E-state index contributed by atoms with van der Waals surface area (Å²) >= 11 is 1.74. The second kappa shape index (κ2) is 9.86. The summed E-state index contributed by atoms with van der Waals surface area (Å²) in [7, 11) is 0. The molecule has 0 aliphatic carbocycles. The van der Waals surface area contributed by atoms with Crippen molar-refractivity contribution in [1.29, 1.82) is 0 Å². The average Bonchev–Trinajstić information content (AvgIpc) is 3.11. The van der Waals surface area contributed by atoms with Gasteiger partial charge in [-0.3, -0.25) is 4.99 Å². The molecule has 0 radical (unpaired) electrons. The number of aliphatic imine (C=N–C) groups is 1. The molecule has 0 saturated carbocycles. The van der Waals surface area contributed by atoms with Crippen LogP contribution in [0.2, 0.25) is 0 Å². The summed E-state index contributed by atoms with van der Waals surface area (Å²) < 4.78 is 40.6. The Morgan fingerprint density at radius 3 is 2.68 bits per heavy atom. The van der Waals surface area contributed by atoms with E-state index in [1.54, 1.807) is 11.3 Å². The van der Waals surface area contributed by atoms with Crippen molar-refractivity contribution >= 4 is 22.3 Å². The molecule has 1 N–H and O–H groups in total. The number of alkyl halides is 3. The van der Waals surface area contributed by atoms with E-state index in [2.05, 4.69) is 42.4 Å². The fraction of sp³-hybridized carbons (Fsp3) is 0.688. The third-order valence-corrected chi connectivity index (χ3v) is 4.64. The first kappa shape index (κ1) is 19.8. The van der Waals surface area contributed by atoms with Crippen molar-refractivity contribution in [3.63, 3.8) is 0 Å². The van der Waals surface area contributed by atoms with E-state index in [0.717, 1.165) is 38.7 Å². The lowest BCUT2D eigenvalue weighted by atomic mass is 10.3. The molecule has 0 aromatic carbocycles. The smallest absolute Gasteiger partial charge is 0.372 e. The Balaban J connectivity index is 1.74. The molecule has 1 fully saturated rings. The van der Waals surface area contributed by atoms with E-state index in [-0.39, 0.29) is 6.61 Å². The van der Waals surface area contributed by atoms with Gasteiger partial charge in [-0.05, 0) is 30.9 Å². The summed E-state index contributed by atoms with van der Waals surface area (Å²) in [5.41, 5.74) is 0. The fourth-order valence-corrected chi connectivity index (χ4v) is 3.34. The lowest BCUT2D eigenvalue weighted by Gasteiger charge is -2.37. The van der Waals surface area contributed by atoms with Crippen molar-refractivity contribution in [1.82, 2.24) is 10.2 Å². The molecule has 0 spiro atoms. The van der Waals surface area contributed by atoms with Gasteiger partial charge in [0.1, 0.15) is 6.61 Å². The van der Waals surface area contributed by atoms with Gasteiger partial charge in [0.2, 0.25) is 0 Å². The number of guanidine groups is 1. The molecule has 1 aromatic rings. The number of hydrogen-bond donors (Lipinski definition) is 1. The topological polar surface area (TPSA) is 40.1 Å². The molecule has 2 rings (SSSR count). The van der Waals surface area contributed by atoms with E-state index in [0.29, 0.717) is 13.0 Å². The standard InChI is InChI=1S/C16H25F3N4OS/c1-2-20-15(21-6-4-11-24-13-16(17,18)19)23-9-7-22(8-10-23)14-5-3-12-25-14/h3,5,12H,2,4,6-11,13H2,1H3,(H,20,21). The molecule has 5 nitrogen and oxygen atoms in total. The largest absolute Gasteiger partial charge is 0.411 e. The van der Waals surface area contributed by atoms with E-state index in [4.69, 9.17) is 0 Å². The van der Waals surface area contributed by atoms with Gasteiger partial charge >= 0.3 is 6.18 Å².